The Labute approximate surface area is 204 Å². The fourth-order valence-electron chi connectivity index (χ4n) is 5.07. The lowest BCUT2D eigenvalue weighted by atomic mass is 10.0. The van der Waals surface area contributed by atoms with Gasteiger partial charge in [-0.2, -0.15) is 0 Å². The van der Waals surface area contributed by atoms with Gasteiger partial charge in [0, 0.05) is 84.6 Å². The van der Waals surface area contributed by atoms with Crippen molar-refractivity contribution >= 4 is 28.0 Å². The number of H-pyrrole nitrogens is 1. The second-order valence-electron chi connectivity index (χ2n) is 9.71. The molecule has 0 bridgehead atoms. The number of aromatic nitrogens is 6. The molecule has 6 rings (SSSR count). The van der Waals surface area contributed by atoms with Crippen LogP contribution in [0.4, 0.5) is 5.82 Å². The maximum absolute atomic E-state index is 4.77. The first kappa shape index (κ1) is 21.7. The number of aryl methyl sites for hydroxylation is 1. The summed E-state index contributed by atoms with van der Waals surface area (Å²) in [4.78, 5) is 26.8. The zero-order chi connectivity index (χ0) is 24.1. The summed E-state index contributed by atoms with van der Waals surface area (Å²) in [5, 5.41) is 1.07. The highest BCUT2D eigenvalue weighted by molar-refractivity contribution is 5.97. The molecule has 0 aliphatic carbocycles. The molecule has 35 heavy (non-hydrogen) atoms. The number of hydrogen-bond acceptors (Lipinski definition) is 6. The van der Waals surface area contributed by atoms with Crippen molar-refractivity contribution in [3.63, 3.8) is 0 Å². The van der Waals surface area contributed by atoms with Crippen molar-refractivity contribution in [1.82, 2.24) is 34.4 Å². The van der Waals surface area contributed by atoms with Crippen molar-refractivity contribution in [1.29, 1.82) is 0 Å². The van der Waals surface area contributed by atoms with Gasteiger partial charge in [0.25, 0.3) is 0 Å². The molecule has 8 heteroatoms. The number of fused-ring (bicyclic) bond motifs is 2. The molecule has 0 atom stereocenters. The predicted molar refractivity (Wildman–Crippen MR) is 141 cm³/mol. The van der Waals surface area contributed by atoms with Crippen LogP contribution >= 0.6 is 0 Å². The lowest BCUT2D eigenvalue weighted by Crippen LogP contribution is -2.44. The van der Waals surface area contributed by atoms with Gasteiger partial charge < -0.3 is 19.4 Å². The van der Waals surface area contributed by atoms with E-state index in [9.17, 15) is 0 Å². The minimum absolute atomic E-state index is 0.314. The largest absolute Gasteiger partial charge is 0.354 e. The van der Waals surface area contributed by atoms with Crippen LogP contribution in [0.15, 0.2) is 49.1 Å². The van der Waals surface area contributed by atoms with Gasteiger partial charge >= 0.3 is 0 Å². The normalized spacial score (nSPS) is 15.1. The summed E-state index contributed by atoms with van der Waals surface area (Å²) in [6, 6.07) is 8.96. The van der Waals surface area contributed by atoms with E-state index in [4.69, 9.17) is 9.97 Å². The van der Waals surface area contributed by atoms with Crippen molar-refractivity contribution < 1.29 is 0 Å². The summed E-state index contributed by atoms with van der Waals surface area (Å²) >= 11 is 0. The van der Waals surface area contributed by atoms with Gasteiger partial charge in [0.2, 0.25) is 0 Å². The fourth-order valence-corrected chi connectivity index (χ4v) is 5.07. The second kappa shape index (κ2) is 8.46. The first-order valence-corrected chi connectivity index (χ1v) is 12.2. The summed E-state index contributed by atoms with van der Waals surface area (Å²) in [6.45, 7) is 10.5. The van der Waals surface area contributed by atoms with Gasteiger partial charge in [-0.25, -0.2) is 19.9 Å². The van der Waals surface area contributed by atoms with Gasteiger partial charge in [-0.15, -0.1) is 0 Å². The Morgan fingerprint density at radius 1 is 0.886 bits per heavy atom. The lowest BCUT2D eigenvalue weighted by molar-refractivity contribution is 0.312. The van der Waals surface area contributed by atoms with E-state index < -0.39 is 0 Å². The van der Waals surface area contributed by atoms with Gasteiger partial charge in [-0.1, -0.05) is 0 Å². The molecule has 0 radical (unpaired) electrons. The molecule has 0 aromatic carbocycles. The highest BCUT2D eigenvalue weighted by Gasteiger charge is 2.17. The minimum Gasteiger partial charge on any atom is -0.354 e. The zero-order valence-corrected chi connectivity index (χ0v) is 20.7. The summed E-state index contributed by atoms with van der Waals surface area (Å²) in [6.07, 6.45) is 7.79. The van der Waals surface area contributed by atoms with Crippen molar-refractivity contribution in [2.24, 2.45) is 0 Å². The third-order valence-corrected chi connectivity index (χ3v) is 6.99. The van der Waals surface area contributed by atoms with Crippen molar-refractivity contribution in [3.05, 3.63) is 54.9 Å². The summed E-state index contributed by atoms with van der Waals surface area (Å²) in [7, 11) is 2.17. The van der Waals surface area contributed by atoms with Gasteiger partial charge in [-0.3, -0.25) is 0 Å². The molecule has 1 aliphatic rings. The smallest absolute Gasteiger partial charge is 0.177 e. The molecule has 5 aromatic rings. The van der Waals surface area contributed by atoms with E-state index in [-0.39, 0.29) is 0 Å². The average Bonchev–Trinajstić information content (AvgIpc) is 3.43. The van der Waals surface area contributed by atoms with Crippen LogP contribution in [0.3, 0.4) is 0 Å². The van der Waals surface area contributed by atoms with E-state index in [0.717, 1.165) is 82.3 Å². The van der Waals surface area contributed by atoms with Crippen molar-refractivity contribution in [3.8, 4) is 22.3 Å². The number of piperazine rings is 1. The molecular formula is C27H30N8. The first-order valence-electron chi connectivity index (χ1n) is 12.2. The molecule has 1 N–H and O–H groups in total. The number of rotatable bonds is 4. The van der Waals surface area contributed by atoms with Crippen molar-refractivity contribution in [2.45, 2.75) is 26.8 Å². The van der Waals surface area contributed by atoms with E-state index in [2.05, 4.69) is 74.5 Å². The van der Waals surface area contributed by atoms with Gasteiger partial charge in [-0.05, 0) is 52.1 Å². The highest BCUT2D eigenvalue weighted by atomic mass is 15.3. The van der Waals surface area contributed by atoms with Crippen LogP contribution in [-0.2, 0) is 0 Å². The van der Waals surface area contributed by atoms with Gasteiger partial charge in [0.15, 0.2) is 5.65 Å². The molecule has 1 aliphatic heterocycles. The first-order chi connectivity index (χ1) is 17.0. The molecule has 0 saturated carbocycles. The molecule has 1 saturated heterocycles. The Hall–Kier alpha value is -3.78. The quantitative estimate of drug-likeness (QED) is 0.414. The summed E-state index contributed by atoms with van der Waals surface area (Å²) in [5.74, 6) is 2.02. The topological polar surface area (TPSA) is 78.8 Å². The predicted octanol–water partition coefficient (Wildman–Crippen LogP) is 4.68. The van der Waals surface area contributed by atoms with Crippen LogP contribution in [0.2, 0.25) is 0 Å². The number of likely N-dealkylation sites (N-methyl/N-ethyl adjacent to an activating group) is 1. The van der Waals surface area contributed by atoms with Crippen LogP contribution in [0.1, 0.15) is 25.7 Å². The molecular weight excluding hydrogens is 436 g/mol. The maximum Gasteiger partial charge on any atom is 0.177 e. The highest BCUT2D eigenvalue weighted by Crippen LogP contribution is 2.33. The fraction of sp³-hybridized carbons (Fsp3) is 0.333. The minimum atomic E-state index is 0.314. The second-order valence-corrected chi connectivity index (χ2v) is 9.71. The third-order valence-electron chi connectivity index (χ3n) is 6.99. The van der Waals surface area contributed by atoms with Gasteiger partial charge in [0.05, 0.1) is 5.52 Å². The molecule has 5 aromatic heterocycles. The Bertz CT molecular complexity index is 1500. The number of hydrogen-bond donors (Lipinski definition) is 1. The number of nitrogens with one attached hydrogen (secondary N) is 1. The standard InChI is InChI=1S/C27H30N8/c1-17(2)35-18(3)32-27-24(35)12-21(15-30-27)23-16-31-26-22(23)11-20(14-29-26)19-5-6-25(28-13-19)34-9-7-33(4)8-10-34/h5-6,11-17H,7-10H2,1-4H3,(H,29,31). The molecule has 1 fully saturated rings. The number of nitrogens with zero attached hydrogens (tertiary/aromatic N) is 7. The molecule has 8 nitrogen and oxygen atoms in total. The van der Waals surface area contributed by atoms with E-state index in [1.54, 1.807) is 0 Å². The molecule has 6 heterocycles. The lowest BCUT2D eigenvalue weighted by Gasteiger charge is -2.33. The number of pyridine rings is 3. The van der Waals surface area contributed by atoms with Crippen LogP contribution in [-0.4, -0.2) is 67.6 Å². The van der Waals surface area contributed by atoms with Crippen LogP contribution in [0.5, 0.6) is 0 Å². The van der Waals surface area contributed by atoms with Crippen LogP contribution in [0, 0.1) is 6.92 Å². The summed E-state index contributed by atoms with van der Waals surface area (Å²) < 4.78 is 2.23. The van der Waals surface area contributed by atoms with Crippen LogP contribution < -0.4 is 4.90 Å². The van der Waals surface area contributed by atoms with E-state index in [1.165, 1.54) is 0 Å². The Morgan fingerprint density at radius 3 is 2.40 bits per heavy atom. The summed E-state index contributed by atoms with van der Waals surface area (Å²) in [5.41, 5.74) is 6.94. The van der Waals surface area contributed by atoms with E-state index >= 15 is 0 Å². The van der Waals surface area contributed by atoms with Crippen LogP contribution in [0.25, 0.3) is 44.5 Å². The average molecular weight is 467 g/mol. The van der Waals surface area contributed by atoms with E-state index in [1.807, 2.05) is 31.7 Å². The third kappa shape index (κ3) is 3.83. The molecule has 0 unspecified atom stereocenters. The number of imidazole rings is 1. The molecule has 0 amide bonds. The Kier molecular flexibility index (Phi) is 5.25. The van der Waals surface area contributed by atoms with Gasteiger partial charge in [0.1, 0.15) is 17.3 Å². The number of aromatic amines is 1. The maximum atomic E-state index is 4.77. The zero-order valence-electron chi connectivity index (χ0n) is 20.7. The molecule has 0 spiro atoms. The van der Waals surface area contributed by atoms with Crippen molar-refractivity contribution in [2.75, 3.05) is 38.1 Å². The SMILES string of the molecule is Cc1nc2ncc(-c3c[nH]c4ncc(-c5ccc(N6CCN(C)CC6)nc5)cc34)cc2n1C(C)C. The Balaban J connectivity index is 1.36. The Morgan fingerprint density at radius 2 is 1.66 bits per heavy atom. The number of anilines is 1. The molecule has 178 valence electrons. The monoisotopic (exact) mass is 466 g/mol. The van der Waals surface area contributed by atoms with E-state index in [0.29, 0.717) is 6.04 Å².